The van der Waals surface area contributed by atoms with E-state index in [9.17, 15) is 12.8 Å². The fraction of sp³-hybridized carbons (Fsp3) is 0.500. The molecule has 1 saturated carbocycles. The summed E-state index contributed by atoms with van der Waals surface area (Å²) in [4.78, 5) is -0.109. The van der Waals surface area contributed by atoms with Gasteiger partial charge in [-0.05, 0) is 37.8 Å². The van der Waals surface area contributed by atoms with Gasteiger partial charge in [-0.25, -0.2) is 17.5 Å². The van der Waals surface area contributed by atoms with Crippen molar-refractivity contribution < 1.29 is 12.8 Å². The molecule has 0 saturated heterocycles. The molecule has 2 rings (SSSR count). The van der Waals surface area contributed by atoms with E-state index in [1.807, 2.05) is 0 Å². The Kier molecular flexibility index (Phi) is 3.33. The highest BCUT2D eigenvalue weighted by Gasteiger charge is 2.30. The predicted octanol–water partition coefficient (Wildman–Crippen LogP) is 1.79. The molecule has 0 amide bonds. The summed E-state index contributed by atoms with van der Waals surface area (Å²) >= 11 is 0. The number of rotatable bonds is 3. The molecule has 0 spiro atoms. The van der Waals surface area contributed by atoms with Gasteiger partial charge < -0.3 is 5.73 Å². The maximum Gasteiger partial charge on any atom is 0.240 e. The van der Waals surface area contributed by atoms with Crippen LogP contribution in [0.25, 0.3) is 0 Å². The number of nitrogen functional groups attached to an aromatic ring is 1. The molecule has 4 nitrogen and oxygen atoms in total. The summed E-state index contributed by atoms with van der Waals surface area (Å²) in [5.41, 5.74) is 6.01. The van der Waals surface area contributed by atoms with Crippen molar-refractivity contribution in [2.24, 2.45) is 5.92 Å². The molecule has 1 aliphatic rings. The molecule has 0 unspecified atom stereocenters. The summed E-state index contributed by atoms with van der Waals surface area (Å²) in [6, 6.07) is 2.26. The Bertz CT molecular complexity index is 542. The average Bonchev–Trinajstić information content (AvgIpc) is 2.22. The molecular weight excluding hydrogens is 255 g/mol. The van der Waals surface area contributed by atoms with E-state index in [-0.39, 0.29) is 22.2 Å². The minimum Gasteiger partial charge on any atom is -0.398 e. The van der Waals surface area contributed by atoms with Gasteiger partial charge in [0.15, 0.2) is 0 Å². The first kappa shape index (κ1) is 13.3. The van der Waals surface area contributed by atoms with Crippen molar-refractivity contribution >= 4 is 15.7 Å². The van der Waals surface area contributed by atoms with Gasteiger partial charge in [0.05, 0.1) is 4.90 Å². The number of benzene rings is 1. The Morgan fingerprint density at radius 3 is 2.50 bits per heavy atom. The molecular formula is C12H17FN2O2S. The lowest BCUT2D eigenvalue weighted by Gasteiger charge is -2.32. The molecule has 3 N–H and O–H groups in total. The molecule has 0 radical (unpaired) electrons. The Morgan fingerprint density at radius 2 is 2.00 bits per heavy atom. The third-order valence-electron chi connectivity index (χ3n) is 3.36. The maximum absolute atomic E-state index is 13.5. The summed E-state index contributed by atoms with van der Waals surface area (Å²) in [7, 11) is -3.68. The van der Waals surface area contributed by atoms with Gasteiger partial charge in [-0.3, -0.25) is 0 Å². The van der Waals surface area contributed by atoms with Crippen LogP contribution in [-0.4, -0.2) is 14.5 Å². The van der Waals surface area contributed by atoms with E-state index >= 15 is 0 Å². The first-order chi connectivity index (χ1) is 8.29. The number of sulfonamides is 1. The maximum atomic E-state index is 13.5. The molecule has 0 atom stereocenters. The largest absolute Gasteiger partial charge is 0.398 e. The quantitative estimate of drug-likeness (QED) is 0.824. The highest BCUT2D eigenvalue weighted by molar-refractivity contribution is 7.89. The molecule has 0 heterocycles. The molecule has 1 aromatic carbocycles. The van der Waals surface area contributed by atoms with Crippen LogP contribution < -0.4 is 10.5 Å². The summed E-state index contributed by atoms with van der Waals surface area (Å²) < 4.78 is 40.1. The number of hydrogen-bond acceptors (Lipinski definition) is 3. The first-order valence-electron chi connectivity index (χ1n) is 5.87. The van der Waals surface area contributed by atoms with E-state index in [0.717, 1.165) is 18.9 Å². The molecule has 1 aliphatic carbocycles. The SMILES string of the molecule is Cc1c(N)cc(S(=O)(=O)NC2CC(C)C2)cc1F. The van der Waals surface area contributed by atoms with E-state index < -0.39 is 15.8 Å². The second-order valence-corrected chi connectivity index (χ2v) is 6.73. The topological polar surface area (TPSA) is 72.2 Å². The van der Waals surface area contributed by atoms with Gasteiger partial charge in [0.2, 0.25) is 10.0 Å². The van der Waals surface area contributed by atoms with Crippen molar-refractivity contribution in [1.29, 1.82) is 0 Å². The first-order valence-corrected chi connectivity index (χ1v) is 7.36. The van der Waals surface area contributed by atoms with Gasteiger partial charge in [0.25, 0.3) is 0 Å². The van der Waals surface area contributed by atoms with Crippen LogP contribution in [0.2, 0.25) is 0 Å². The fourth-order valence-corrected chi connectivity index (χ4v) is 3.42. The summed E-state index contributed by atoms with van der Waals surface area (Å²) in [6.45, 7) is 3.58. The van der Waals surface area contributed by atoms with Gasteiger partial charge in [0, 0.05) is 17.3 Å². The van der Waals surface area contributed by atoms with E-state index in [1.165, 1.54) is 13.0 Å². The van der Waals surface area contributed by atoms with Crippen LogP contribution in [0.4, 0.5) is 10.1 Å². The molecule has 100 valence electrons. The lowest BCUT2D eigenvalue weighted by atomic mass is 9.83. The summed E-state index contributed by atoms with van der Waals surface area (Å²) in [5, 5.41) is 0. The van der Waals surface area contributed by atoms with E-state index in [0.29, 0.717) is 5.92 Å². The highest BCUT2D eigenvalue weighted by atomic mass is 32.2. The second-order valence-electron chi connectivity index (χ2n) is 5.01. The van der Waals surface area contributed by atoms with E-state index in [1.54, 1.807) is 0 Å². The molecule has 6 heteroatoms. The lowest BCUT2D eigenvalue weighted by Crippen LogP contribution is -2.43. The highest BCUT2D eigenvalue weighted by Crippen LogP contribution is 2.28. The Labute approximate surface area is 106 Å². The number of nitrogens with two attached hydrogens (primary N) is 1. The smallest absolute Gasteiger partial charge is 0.240 e. The lowest BCUT2D eigenvalue weighted by molar-refractivity contribution is 0.270. The monoisotopic (exact) mass is 272 g/mol. The second kappa shape index (κ2) is 4.51. The third-order valence-corrected chi connectivity index (χ3v) is 4.86. The van der Waals surface area contributed by atoms with Crippen molar-refractivity contribution in [3.63, 3.8) is 0 Å². The fourth-order valence-electron chi connectivity index (χ4n) is 2.12. The number of nitrogens with one attached hydrogen (secondary N) is 1. The number of hydrogen-bond donors (Lipinski definition) is 2. The average molecular weight is 272 g/mol. The van der Waals surface area contributed by atoms with Crippen LogP contribution in [0.5, 0.6) is 0 Å². The van der Waals surface area contributed by atoms with Crippen LogP contribution in [0.3, 0.4) is 0 Å². The van der Waals surface area contributed by atoms with Crippen molar-refractivity contribution in [2.75, 3.05) is 5.73 Å². The van der Waals surface area contributed by atoms with Gasteiger partial charge in [-0.1, -0.05) is 6.92 Å². The van der Waals surface area contributed by atoms with Gasteiger partial charge in [-0.2, -0.15) is 0 Å². The van der Waals surface area contributed by atoms with E-state index in [4.69, 9.17) is 5.73 Å². The third kappa shape index (κ3) is 2.49. The van der Waals surface area contributed by atoms with Crippen molar-refractivity contribution in [2.45, 2.75) is 37.6 Å². The molecule has 0 aliphatic heterocycles. The zero-order chi connectivity index (χ0) is 13.5. The standard InChI is InChI=1S/C12H17FN2O2S/c1-7-3-9(4-7)15-18(16,17)10-5-11(13)8(2)12(14)6-10/h5-7,9,15H,3-4,14H2,1-2H3. The predicted molar refractivity (Wildman–Crippen MR) is 68.1 cm³/mol. The van der Waals surface area contributed by atoms with Crippen LogP contribution in [-0.2, 0) is 10.0 Å². The summed E-state index contributed by atoms with van der Waals surface area (Å²) in [6.07, 6.45) is 1.64. The number of halogens is 1. The molecule has 0 bridgehead atoms. The summed E-state index contributed by atoms with van der Waals surface area (Å²) in [5.74, 6) is -0.0603. The zero-order valence-electron chi connectivity index (χ0n) is 10.4. The minimum absolute atomic E-state index is 0.0458. The Balaban J connectivity index is 2.24. The van der Waals surface area contributed by atoms with E-state index in [2.05, 4.69) is 11.6 Å². The molecule has 1 aromatic rings. The van der Waals surface area contributed by atoms with Crippen LogP contribution >= 0.6 is 0 Å². The molecule has 1 fully saturated rings. The van der Waals surface area contributed by atoms with Crippen LogP contribution in [0.1, 0.15) is 25.3 Å². The van der Waals surface area contributed by atoms with Crippen LogP contribution in [0, 0.1) is 18.7 Å². The van der Waals surface area contributed by atoms with Crippen molar-refractivity contribution in [3.8, 4) is 0 Å². The molecule has 0 aromatic heterocycles. The zero-order valence-corrected chi connectivity index (χ0v) is 11.2. The number of anilines is 1. The normalized spacial score (nSPS) is 23.7. The Morgan fingerprint density at radius 1 is 1.39 bits per heavy atom. The van der Waals surface area contributed by atoms with Gasteiger partial charge >= 0.3 is 0 Å². The van der Waals surface area contributed by atoms with Crippen molar-refractivity contribution in [3.05, 3.63) is 23.5 Å². The molecule has 18 heavy (non-hydrogen) atoms. The van der Waals surface area contributed by atoms with Gasteiger partial charge in [0.1, 0.15) is 5.82 Å². The Hall–Kier alpha value is -1.14. The van der Waals surface area contributed by atoms with Crippen LogP contribution in [0.15, 0.2) is 17.0 Å². The minimum atomic E-state index is -3.68. The van der Waals surface area contributed by atoms with Crippen molar-refractivity contribution in [1.82, 2.24) is 4.72 Å². The van der Waals surface area contributed by atoms with Gasteiger partial charge in [-0.15, -0.1) is 0 Å².